The summed E-state index contributed by atoms with van der Waals surface area (Å²) in [6, 6.07) is 0. The van der Waals surface area contributed by atoms with Gasteiger partial charge in [-0.2, -0.15) is 0 Å². The molecule has 146 valence electrons. The topological polar surface area (TPSA) is 27.7 Å². The Bertz CT molecular complexity index is 236. The first-order chi connectivity index (χ1) is 11.6. The molecule has 0 aliphatic heterocycles. The zero-order valence-electron chi connectivity index (χ0n) is 17.4. The summed E-state index contributed by atoms with van der Waals surface area (Å²) in [4.78, 5) is 0. The minimum absolute atomic E-state index is 0.0310. The van der Waals surface area contributed by atoms with E-state index in [1.165, 1.54) is 38.5 Å². The van der Waals surface area contributed by atoms with Crippen LogP contribution in [0.4, 0.5) is 0 Å². The fourth-order valence-electron chi connectivity index (χ4n) is 3.00. The summed E-state index contributed by atoms with van der Waals surface area (Å²) in [7, 11) is 1.78. The van der Waals surface area contributed by atoms with Gasteiger partial charge in [-0.15, -0.1) is 6.58 Å². The van der Waals surface area contributed by atoms with Gasteiger partial charge in [0.25, 0.3) is 0 Å². The number of methoxy groups -OCH3 is 1. The van der Waals surface area contributed by atoms with Crippen LogP contribution >= 0.6 is 0 Å². The Hall–Kier alpha value is -0.380. The van der Waals surface area contributed by atoms with Crippen molar-refractivity contribution in [2.24, 2.45) is 0 Å². The molecule has 0 aromatic heterocycles. The first-order valence-corrected chi connectivity index (χ1v) is 9.99. The third-order valence-corrected chi connectivity index (χ3v) is 3.97. The van der Waals surface area contributed by atoms with Gasteiger partial charge in [0.15, 0.2) is 5.79 Å². The average molecular weight is 345 g/mol. The van der Waals surface area contributed by atoms with E-state index in [2.05, 4.69) is 20.4 Å². The third-order valence-electron chi connectivity index (χ3n) is 3.97. The number of ether oxygens (including phenoxy) is 3. The SMILES string of the molecule is C=CC.CCCCCCCCC(OC)C(CCC)(OCC)OCC. The van der Waals surface area contributed by atoms with Crippen LogP contribution in [0.5, 0.6) is 0 Å². The van der Waals surface area contributed by atoms with Crippen molar-refractivity contribution in [1.82, 2.24) is 0 Å². The van der Waals surface area contributed by atoms with Gasteiger partial charge in [-0.05, 0) is 27.2 Å². The van der Waals surface area contributed by atoms with E-state index in [9.17, 15) is 0 Å². The lowest BCUT2D eigenvalue weighted by Crippen LogP contribution is -2.48. The number of unbranched alkanes of at least 4 members (excludes halogenated alkanes) is 5. The molecule has 0 aromatic carbocycles. The molecule has 0 saturated heterocycles. The second kappa shape index (κ2) is 19.0. The lowest BCUT2D eigenvalue weighted by Gasteiger charge is -2.39. The highest BCUT2D eigenvalue weighted by molar-refractivity contribution is 4.81. The Balaban J connectivity index is 0. The summed E-state index contributed by atoms with van der Waals surface area (Å²) in [5.74, 6) is -0.559. The maximum Gasteiger partial charge on any atom is 0.194 e. The van der Waals surface area contributed by atoms with Crippen LogP contribution in [0.25, 0.3) is 0 Å². The van der Waals surface area contributed by atoms with Crippen molar-refractivity contribution in [3.8, 4) is 0 Å². The Kier molecular flexibility index (Phi) is 20.4. The van der Waals surface area contributed by atoms with Crippen LogP contribution in [0.2, 0.25) is 0 Å². The van der Waals surface area contributed by atoms with Gasteiger partial charge in [0.2, 0.25) is 0 Å². The molecule has 0 aliphatic rings. The zero-order valence-corrected chi connectivity index (χ0v) is 17.4. The highest BCUT2D eigenvalue weighted by atomic mass is 16.7. The molecule has 0 N–H and O–H groups in total. The quantitative estimate of drug-likeness (QED) is 0.192. The number of hydrogen-bond donors (Lipinski definition) is 0. The van der Waals surface area contributed by atoms with Crippen molar-refractivity contribution in [1.29, 1.82) is 0 Å². The highest BCUT2D eigenvalue weighted by Crippen LogP contribution is 2.30. The van der Waals surface area contributed by atoms with Crippen LogP contribution in [0.15, 0.2) is 12.7 Å². The standard InChI is InChI=1S/C18H38O3.C3H6/c1-6-10-11-12-13-14-15-17(19-5)18(16-7-2,20-8-3)21-9-4;1-3-2/h17H,6-16H2,1-5H3;3H,1H2,2H3. The van der Waals surface area contributed by atoms with Crippen LogP contribution in [-0.4, -0.2) is 32.2 Å². The van der Waals surface area contributed by atoms with Gasteiger partial charge in [0, 0.05) is 26.7 Å². The molecule has 0 heterocycles. The molecule has 3 nitrogen and oxygen atoms in total. The smallest absolute Gasteiger partial charge is 0.194 e. The third kappa shape index (κ3) is 12.0. The van der Waals surface area contributed by atoms with Crippen molar-refractivity contribution in [3.05, 3.63) is 12.7 Å². The fraction of sp³-hybridized carbons (Fsp3) is 0.905. The molecule has 1 unspecified atom stereocenters. The van der Waals surface area contributed by atoms with Gasteiger partial charge in [-0.1, -0.05) is 64.9 Å². The molecule has 1 atom stereocenters. The molecular weight excluding hydrogens is 300 g/mol. The minimum atomic E-state index is -0.559. The molecule has 24 heavy (non-hydrogen) atoms. The molecule has 0 bridgehead atoms. The van der Waals surface area contributed by atoms with Gasteiger partial charge in [-0.3, -0.25) is 0 Å². The van der Waals surface area contributed by atoms with Crippen LogP contribution in [0.1, 0.15) is 92.4 Å². The van der Waals surface area contributed by atoms with E-state index in [-0.39, 0.29) is 6.10 Å². The highest BCUT2D eigenvalue weighted by Gasteiger charge is 2.39. The average Bonchev–Trinajstić information content (AvgIpc) is 2.55. The van der Waals surface area contributed by atoms with Crippen LogP contribution in [0.3, 0.4) is 0 Å². The molecule has 0 aliphatic carbocycles. The van der Waals surface area contributed by atoms with Crippen LogP contribution in [0, 0.1) is 0 Å². The molecule has 0 saturated carbocycles. The summed E-state index contributed by atoms with van der Waals surface area (Å²) in [6.45, 7) is 15.1. The van der Waals surface area contributed by atoms with E-state index < -0.39 is 5.79 Å². The minimum Gasteiger partial charge on any atom is -0.376 e. The molecule has 0 rings (SSSR count). The maximum atomic E-state index is 6.01. The van der Waals surface area contributed by atoms with Crippen molar-refractivity contribution >= 4 is 0 Å². The normalized spacial score (nSPS) is 12.4. The number of rotatable bonds is 15. The first-order valence-electron chi connectivity index (χ1n) is 9.99. The Labute approximate surface area is 152 Å². The molecule has 0 fully saturated rings. The van der Waals surface area contributed by atoms with E-state index in [1.54, 1.807) is 13.2 Å². The fourth-order valence-corrected chi connectivity index (χ4v) is 3.00. The summed E-state index contributed by atoms with van der Waals surface area (Å²) in [5, 5.41) is 0. The second-order valence-corrected chi connectivity index (χ2v) is 6.12. The summed E-state index contributed by atoms with van der Waals surface area (Å²) < 4.78 is 17.8. The number of allylic oxidation sites excluding steroid dienone is 1. The van der Waals surface area contributed by atoms with Gasteiger partial charge < -0.3 is 14.2 Å². The molecular formula is C21H44O3. The van der Waals surface area contributed by atoms with Gasteiger partial charge in [-0.25, -0.2) is 0 Å². The second-order valence-electron chi connectivity index (χ2n) is 6.12. The Morgan fingerprint density at radius 2 is 1.38 bits per heavy atom. The van der Waals surface area contributed by atoms with Gasteiger partial charge in [0.05, 0.1) is 0 Å². The molecule has 0 amide bonds. The first kappa shape index (κ1) is 25.9. The van der Waals surface area contributed by atoms with Gasteiger partial charge in [0.1, 0.15) is 6.10 Å². The Morgan fingerprint density at radius 1 is 0.875 bits per heavy atom. The summed E-state index contributed by atoms with van der Waals surface area (Å²) >= 11 is 0. The lowest BCUT2D eigenvalue weighted by molar-refractivity contribution is -0.289. The summed E-state index contributed by atoms with van der Waals surface area (Å²) in [5.41, 5.74) is 0. The van der Waals surface area contributed by atoms with Crippen molar-refractivity contribution in [2.45, 2.75) is 104 Å². The number of hydrogen-bond acceptors (Lipinski definition) is 3. The predicted octanol–water partition coefficient (Wildman–Crippen LogP) is 6.51. The molecule has 0 aromatic rings. The van der Waals surface area contributed by atoms with Crippen LogP contribution in [-0.2, 0) is 14.2 Å². The maximum absolute atomic E-state index is 6.01. The van der Waals surface area contributed by atoms with E-state index in [4.69, 9.17) is 14.2 Å². The summed E-state index contributed by atoms with van der Waals surface area (Å²) in [6.07, 6.45) is 12.5. The predicted molar refractivity (Wildman–Crippen MR) is 106 cm³/mol. The van der Waals surface area contributed by atoms with Crippen molar-refractivity contribution in [2.75, 3.05) is 20.3 Å². The monoisotopic (exact) mass is 344 g/mol. The molecule has 0 radical (unpaired) electrons. The van der Waals surface area contributed by atoms with E-state index in [0.717, 1.165) is 19.3 Å². The lowest BCUT2D eigenvalue weighted by atomic mass is 9.97. The van der Waals surface area contributed by atoms with Crippen LogP contribution < -0.4 is 0 Å². The van der Waals surface area contributed by atoms with E-state index >= 15 is 0 Å². The molecule has 3 heteroatoms. The van der Waals surface area contributed by atoms with E-state index in [1.807, 2.05) is 20.8 Å². The Morgan fingerprint density at radius 3 is 1.79 bits per heavy atom. The van der Waals surface area contributed by atoms with E-state index in [0.29, 0.717) is 13.2 Å². The molecule has 0 spiro atoms. The van der Waals surface area contributed by atoms with Gasteiger partial charge >= 0.3 is 0 Å². The van der Waals surface area contributed by atoms with Crippen molar-refractivity contribution < 1.29 is 14.2 Å². The largest absolute Gasteiger partial charge is 0.376 e. The zero-order chi connectivity index (χ0) is 18.7. The van der Waals surface area contributed by atoms with Crippen molar-refractivity contribution in [3.63, 3.8) is 0 Å².